The molecule has 3 aromatic rings. The number of non-ortho nitro benzene ring substituents is 1. The van der Waals surface area contributed by atoms with E-state index in [9.17, 15) is 19.7 Å². The first-order chi connectivity index (χ1) is 15.9. The van der Waals surface area contributed by atoms with Crippen molar-refractivity contribution in [2.24, 2.45) is 0 Å². The smallest absolute Gasteiger partial charge is 0.270 e. The quantitative estimate of drug-likeness (QED) is 0.196. The van der Waals surface area contributed by atoms with Gasteiger partial charge in [0.2, 0.25) is 5.91 Å². The standard InChI is InChI=1S/C22H23N5O5S/c1-3-32-19-9-7-17(8-10-19)26-21(11-12-23-15(2)28)24-25-22(26)33-14-20(29)16-5-4-6-18(13-16)27(30)31/h4-10,13H,3,11-12,14H2,1-2H3,(H,23,28). The Labute approximate surface area is 194 Å². The SMILES string of the molecule is CCOc1ccc(-n2c(CCNC(C)=O)nnc2SCC(=O)c2cccc([N+](=O)[O-])c2)cc1. The number of Topliss-reactive ketones (excluding diaryl/α,β-unsaturated/α-hetero) is 1. The summed E-state index contributed by atoms with van der Waals surface area (Å²) in [4.78, 5) is 34.3. The predicted molar refractivity (Wildman–Crippen MR) is 123 cm³/mol. The fraction of sp³-hybridized carbons (Fsp3) is 0.273. The van der Waals surface area contributed by atoms with E-state index in [1.807, 2.05) is 35.8 Å². The van der Waals surface area contributed by atoms with Gasteiger partial charge in [0.15, 0.2) is 10.9 Å². The second-order valence-corrected chi connectivity index (χ2v) is 7.86. The minimum atomic E-state index is -0.534. The van der Waals surface area contributed by atoms with Gasteiger partial charge in [-0.15, -0.1) is 10.2 Å². The fourth-order valence-electron chi connectivity index (χ4n) is 3.03. The van der Waals surface area contributed by atoms with Crippen LogP contribution in [0.5, 0.6) is 5.75 Å². The summed E-state index contributed by atoms with van der Waals surface area (Å²) in [6.45, 7) is 4.29. The van der Waals surface area contributed by atoms with E-state index in [4.69, 9.17) is 4.74 Å². The highest BCUT2D eigenvalue weighted by atomic mass is 32.2. The van der Waals surface area contributed by atoms with E-state index < -0.39 is 4.92 Å². The van der Waals surface area contributed by atoms with Gasteiger partial charge in [-0.2, -0.15) is 0 Å². The van der Waals surface area contributed by atoms with Crippen molar-refractivity contribution in [2.75, 3.05) is 18.9 Å². The van der Waals surface area contributed by atoms with Gasteiger partial charge in [-0.1, -0.05) is 23.9 Å². The number of ketones is 1. The molecule has 0 spiro atoms. The Balaban J connectivity index is 1.82. The zero-order valence-corrected chi connectivity index (χ0v) is 19.0. The molecule has 0 fully saturated rings. The van der Waals surface area contributed by atoms with Crippen molar-refractivity contribution >= 4 is 29.1 Å². The highest BCUT2D eigenvalue weighted by Gasteiger charge is 2.18. The van der Waals surface area contributed by atoms with Crippen LogP contribution in [0.15, 0.2) is 53.7 Å². The van der Waals surface area contributed by atoms with Crippen molar-refractivity contribution in [3.63, 3.8) is 0 Å². The van der Waals surface area contributed by atoms with Crippen LogP contribution in [0.25, 0.3) is 5.69 Å². The normalized spacial score (nSPS) is 10.6. The van der Waals surface area contributed by atoms with Gasteiger partial charge in [0.1, 0.15) is 11.6 Å². The summed E-state index contributed by atoms with van der Waals surface area (Å²) in [7, 11) is 0. The van der Waals surface area contributed by atoms with E-state index in [-0.39, 0.29) is 28.7 Å². The number of rotatable bonds is 11. The summed E-state index contributed by atoms with van der Waals surface area (Å²) < 4.78 is 7.32. The minimum Gasteiger partial charge on any atom is -0.494 e. The molecule has 1 heterocycles. The second-order valence-electron chi connectivity index (χ2n) is 6.91. The number of aromatic nitrogens is 3. The summed E-state index contributed by atoms with van der Waals surface area (Å²) in [5.41, 5.74) is 0.907. The van der Waals surface area contributed by atoms with Gasteiger partial charge in [0.25, 0.3) is 5.69 Å². The van der Waals surface area contributed by atoms with Gasteiger partial charge in [-0.25, -0.2) is 0 Å². The number of hydrogen-bond acceptors (Lipinski definition) is 8. The molecule has 2 aromatic carbocycles. The van der Waals surface area contributed by atoms with Gasteiger partial charge in [0, 0.05) is 43.3 Å². The number of nitro benzene ring substituents is 1. The third-order valence-electron chi connectivity index (χ3n) is 4.54. The van der Waals surface area contributed by atoms with Crippen LogP contribution in [-0.4, -0.2) is 50.3 Å². The van der Waals surface area contributed by atoms with Crippen LogP contribution < -0.4 is 10.1 Å². The molecular weight excluding hydrogens is 446 g/mol. The van der Waals surface area contributed by atoms with E-state index in [0.29, 0.717) is 30.6 Å². The topological polar surface area (TPSA) is 129 Å². The van der Waals surface area contributed by atoms with E-state index in [1.54, 1.807) is 6.07 Å². The van der Waals surface area contributed by atoms with Gasteiger partial charge < -0.3 is 10.1 Å². The summed E-state index contributed by atoms with van der Waals surface area (Å²) >= 11 is 1.19. The second kappa shape index (κ2) is 11.2. The molecule has 0 saturated carbocycles. The fourth-order valence-corrected chi connectivity index (χ4v) is 3.90. The lowest BCUT2D eigenvalue weighted by molar-refractivity contribution is -0.384. The Kier molecular flexibility index (Phi) is 8.14. The highest BCUT2D eigenvalue weighted by molar-refractivity contribution is 7.99. The van der Waals surface area contributed by atoms with Crippen molar-refractivity contribution < 1.29 is 19.2 Å². The molecule has 3 rings (SSSR count). The number of benzene rings is 2. The molecule has 0 atom stereocenters. The molecule has 0 unspecified atom stereocenters. The lowest BCUT2D eigenvalue weighted by Crippen LogP contribution is -2.23. The van der Waals surface area contributed by atoms with E-state index in [0.717, 1.165) is 11.4 Å². The van der Waals surface area contributed by atoms with Gasteiger partial charge in [-0.3, -0.25) is 24.3 Å². The van der Waals surface area contributed by atoms with Gasteiger partial charge in [0.05, 0.1) is 17.3 Å². The molecule has 0 aliphatic heterocycles. The first-order valence-electron chi connectivity index (χ1n) is 10.2. The number of thioether (sulfide) groups is 1. The van der Waals surface area contributed by atoms with Crippen LogP contribution in [0.4, 0.5) is 5.69 Å². The molecule has 0 saturated heterocycles. The molecule has 11 heteroatoms. The Hall–Kier alpha value is -3.73. The third kappa shape index (κ3) is 6.39. The average Bonchev–Trinajstić information content (AvgIpc) is 3.20. The molecular formula is C22H23N5O5S. The van der Waals surface area contributed by atoms with Crippen LogP contribution in [0.3, 0.4) is 0 Å². The number of ether oxygens (including phenoxy) is 1. The summed E-state index contributed by atoms with van der Waals surface area (Å²) in [6, 6.07) is 13.0. The van der Waals surface area contributed by atoms with E-state index in [1.165, 1.54) is 36.9 Å². The maximum absolute atomic E-state index is 12.6. The van der Waals surface area contributed by atoms with E-state index in [2.05, 4.69) is 15.5 Å². The van der Waals surface area contributed by atoms with Crippen LogP contribution in [0.1, 0.15) is 30.0 Å². The van der Waals surface area contributed by atoms with Crippen LogP contribution >= 0.6 is 11.8 Å². The minimum absolute atomic E-state index is 0.0298. The first kappa shape index (κ1) is 23.9. The number of nitro groups is 1. The Morgan fingerprint density at radius 2 is 1.94 bits per heavy atom. The average molecular weight is 470 g/mol. The zero-order valence-electron chi connectivity index (χ0n) is 18.2. The largest absolute Gasteiger partial charge is 0.494 e. The lowest BCUT2D eigenvalue weighted by atomic mass is 10.1. The molecule has 10 nitrogen and oxygen atoms in total. The molecule has 0 aliphatic carbocycles. The molecule has 0 bridgehead atoms. The number of carbonyl (C=O) groups excluding carboxylic acids is 2. The number of carbonyl (C=O) groups is 2. The van der Waals surface area contributed by atoms with Gasteiger partial charge >= 0.3 is 0 Å². The van der Waals surface area contributed by atoms with Crippen LogP contribution in [0.2, 0.25) is 0 Å². The van der Waals surface area contributed by atoms with Crippen molar-refractivity contribution in [1.82, 2.24) is 20.1 Å². The number of nitrogens with one attached hydrogen (secondary N) is 1. The molecule has 0 radical (unpaired) electrons. The molecule has 172 valence electrons. The third-order valence-corrected chi connectivity index (χ3v) is 5.47. The number of amides is 1. The van der Waals surface area contributed by atoms with Crippen LogP contribution in [-0.2, 0) is 11.2 Å². The predicted octanol–water partition coefficient (Wildman–Crippen LogP) is 3.23. The maximum Gasteiger partial charge on any atom is 0.270 e. The van der Waals surface area contributed by atoms with Crippen molar-refractivity contribution in [3.05, 3.63) is 70.0 Å². The Morgan fingerprint density at radius 3 is 2.61 bits per heavy atom. The number of hydrogen-bond donors (Lipinski definition) is 1. The maximum atomic E-state index is 12.6. The summed E-state index contributed by atoms with van der Waals surface area (Å²) in [5, 5.41) is 22.7. The van der Waals surface area contributed by atoms with Gasteiger partial charge in [-0.05, 0) is 31.2 Å². The van der Waals surface area contributed by atoms with Crippen molar-refractivity contribution in [3.8, 4) is 11.4 Å². The molecule has 33 heavy (non-hydrogen) atoms. The summed E-state index contributed by atoms with van der Waals surface area (Å²) in [5.74, 6) is 0.980. The zero-order chi connectivity index (χ0) is 23.8. The van der Waals surface area contributed by atoms with Crippen LogP contribution in [0, 0.1) is 10.1 Å². The monoisotopic (exact) mass is 469 g/mol. The summed E-state index contributed by atoms with van der Waals surface area (Å²) in [6.07, 6.45) is 0.444. The Bertz CT molecular complexity index is 1150. The molecule has 0 aliphatic rings. The number of nitrogens with zero attached hydrogens (tertiary/aromatic N) is 4. The lowest BCUT2D eigenvalue weighted by Gasteiger charge is -2.11. The molecule has 1 N–H and O–H groups in total. The van der Waals surface area contributed by atoms with Crippen molar-refractivity contribution in [1.29, 1.82) is 0 Å². The first-order valence-corrected chi connectivity index (χ1v) is 11.2. The van der Waals surface area contributed by atoms with Crippen molar-refractivity contribution in [2.45, 2.75) is 25.4 Å². The highest BCUT2D eigenvalue weighted by Crippen LogP contribution is 2.25. The Morgan fingerprint density at radius 1 is 1.18 bits per heavy atom. The van der Waals surface area contributed by atoms with E-state index >= 15 is 0 Å². The molecule has 1 aromatic heterocycles. The molecule has 1 amide bonds.